The third kappa shape index (κ3) is 3.21. The first-order valence-electron chi connectivity index (χ1n) is 9.84. The van der Waals surface area contributed by atoms with Gasteiger partial charge < -0.3 is 4.74 Å². The van der Waals surface area contributed by atoms with Gasteiger partial charge in [0, 0.05) is 16.3 Å². The fourth-order valence-electron chi connectivity index (χ4n) is 3.70. The van der Waals surface area contributed by atoms with Crippen molar-refractivity contribution in [2.75, 3.05) is 0 Å². The van der Waals surface area contributed by atoms with Gasteiger partial charge in [0.1, 0.15) is 11.4 Å². The van der Waals surface area contributed by atoms with Gasteiger partial charge in [0.05, 0.1) is 0 Å². The van der Waals surface area contributed by atoms with E-state index >= 15 is 0 Å². The van der Waals surface area contributed by atoms with Gasteiger partial charge in [0.15, 0.2) is 0 Å². The summed E-state index contributed by atoms with van der Waals surface area (Å²) in [5.41, 5.74) is 3.05. The number of hydrogen-bond acceptors (Lipinski definition) is 3. The number of nitrogens with zero attached hydrogens (tertiary/aromatic N) is 2. The number of rotatable bonds is 4. The Balaban J connectivity index is 1.76. The zero-order valence-electron chi connectivity index (χ0n) is 16.2. The third-order valence-electron chi connectivity index (χ3n) is 5.22. The van der Waals surface area contributed by atoms with E-state index in [0.717, 1.165) is 45.1 Å². The lowest BCUT2D eigenvalue weighted by atomic mass is 10.0. The molecule has 0 aliphatic heterocycles. The van der Waals surface area contributed by atoms with Crippen LogP contribution in [0.1, 0.15) is 12.5 Å². The first kappa shape index (κ1) is 17.4. The van der Waals surface area contributed by atoms with E-state index in [1.807, 2.05) is 42.5 Å². The second-order valence-electron chi connectivity index (χ2n) is 7.03. The molecular formula is C26H20N2O. The number of ether oxygens (including phenoxy) is 1. The van der Waals surface area contributed by atoms with Gasteiger partial charge in [-0.3, -0.25) is 0 Å². The Morgan fingerprint density at radius 3 is 2.10 bits per heavy atom. The topological polar surface area (TPSA) is 35.0 Å². The Bertz CT molecular complexity index is 1310. The summed E-state index contributed by atoms with van der Waals surface area (Å²) in [5.74, 6) is 1.36. The largest absolute Gasteiger partial charge is 0.437 e. The molecule has 29 heavy (non-hydrogen) atoms. The van der Waals surface area contributed by atoms with Crippen molar-refractivity contribution < 1.29 is 4.74 Å². The molecule has 0 atom stereocenters. The van der Waals surface area contributed by atoms with E-state index in [9.17, 15) is 0 Å². The monoisotopic (exact) mass is 376 g/mol. The molecule has 0 aliphatic rings. The van der Waals surface area contributed by atoms with Crippen LogP contribution in [-0.2, 0) is 6.42 Å². The number of hydrogen-bond donors (Lipinski definition) is 0. The van der Waals surface area contributed by atoms with Crippen molar-refractivity contribution in [3.8, 4) is 22.9 Å². The fraction of sp³-hybridized carbons (Fsp3) is 0.0769. The van der Waals surface area contributed by atoms with Crippen molar-refractivity contribution in [1.29, 1.82) is 0 Å². The molecule has 1 heterocycles. The summed E-state index contributed by atoms with van der Waals surface area (Å²) in [6, 6.07) is 30.9. The van der Waals surface area contributed by atoms with Crippen LogP contribution in [0.2, 0.25) is 0 Å². The average Bonchev–Trinajstić information content (AvgIpc) is 2.79. The fourth-order valence-corrected chi connectivity index (χ4v) is 3.70. The SMILES string of the molecule is CCc1ccccc1Oc1nnc(-c2ccccc2)c2cc3ccccc3cc12. The highest BCUT2D eigenvalue weighted by Gasteiger charge is 2.15. The van der Waals surface area contributed by atoms with Crippen LogP contribution in [0.5, 0.6) is 11.6 Å². The molecule has 0 saturated heterocycles. The van der Waals surface area contributed by atoms with Crippen molar-refractivity contribution >= 4 is 21.5 Å². The smallest absolute Gasteiger partial charge is 0.246 e. The molecule has 0 spiro atoms. The zero-order valence-corrected chi connectivity index (χ0v) is 16.2. The average molecular weight is 376 g/mol. The van der Waals surface area contributed by atoms with E-state index < -0.39 is 0 Å². The van der Waals surface area contributed by atoms with E-state index in [2.05, 4.69) is 65.7 Å². The minimum absolute atomic E-state index is 0.534. The maximum Gasteiger partial charge on any atom is 0.246 e. The number of benzene rings is 4. The molecule has 0 bridgehead atoms. The maximum atomic E-state index is 6.28. The Morgan fingerprint density at radius 2 is 1.34 bits per heavy atom. The predicted molar refractivity (Wildman–Crippen MR) is 118 cm³/mol. The van der Waals surface area contributed by atoms with Gasteiger partial charge >= 0.3 is 0 Å². The molecular weight excluding hydrogens is 356 g/mol. The van der Waals surface area contributed by atoms with Gasteiger partial charge in [-0.05, 0) is 41.0 Å². The van der Waals surface area contributed by atoms with Crippen LogP contribution < -0.4 is 4.74 Å². The van der Waals surface area contributed by atoms with Crippen LogP contribution in [0, 0.1) is 0 Å². The summed E-state index contributed by atoms with van der Waals surface area (Å²) in [6.07, 6.45) is 0.895. The van der Waals surface area contributed by atoms with Gasteiger partial charge in [-0.1, -0.05) is 79.7 Å². The summed E-state index contributed by atoms with van der Waals surface area (Å²) < 4.78 is 6.28. The maximum absolute atomic E-state index is 6.28. The van der Waals surface area contributed by atoms with Crippen LogP contribution in [-0.4, -0.2) is 10.2 Å². The normalized spacial score (nSPS) is 11.1. The lowest BCUT2D eigenvalue weighted by molar-refractivity contribution is 0.457. The first-order valence-corrected chi connectivity index (χ1v) is 9.84. The summed E-state index contributed by atoms with van der Waals surface area (Å²) in [7, 11) is 0. The Hall–Kier alpha value is -3.72. The molecule has 0 unspecified atom stereocenters. The first-order chi connectivity index (χ1) is 14.3. The van der Waals surface area contributed by atoms with Crippen LogP contribution in [0.15, 0.2) is 91.0 Å². The quantitative estimate of drug-likeness (QED) is 0.323. The summed E-state index contributed by atoms with van der Waals surface area (Å²) in [4.78, 5) is 0. The minimum Gasteiger partial charge on any atom is -0.437 e. The van der Waals surface area contributed by atoms with E-state index in [1.165, 1.54) is 5.39 Å². The van der Waals surface area contributed by atoms with Crippen molar-refractivity contribution in [2.45, 2.75) is 13.3 Å². The molecule has 3 heteroatoms. The highest BCUT2D eigenvalue weighted by molar-refractivity contribution is 6.05. The molecule has 1 aromatic heterocycles. The molecule has 4 aromatic carbocycles. The zero-order chi connectivity index (χ0) is 19.6. The van der Waals surface area contributed by atoms with Gasteiger partial charge in [-0.25, -0.2) is 0 Å². The van der Waals surface area contributed by atoms with E-state index in [0.29, 0.717) is 5.88 Å². The molecule has 5 rings (SSSR count). The summed E-state index contributed by atoms with van der Waals surface area (Å²) in [6.45, 7) is 2.12. The van der Waals surface area contributed by atoms with E-state index in [-0.39, 0.29) is 0 Å². The molecule has 0 amide bonds. The molecule has 3 nitrogen and oxygen atoms in total. The standard InChI is InChI=1S/C26H20N2O/c1-2-18-10-8-9-15-24(18)29-26-23-17-21-14-7-6-13-20(21)16-22(23)25(27-28-26)19-11-4-3-5-12-19/h3-17H,2H2,1H3. The second kappa shape index (κ2) is 7.36. The molecule has 140 valence electrons. The van der Waals surface area contributed by atoms with Gasteiger partial charge in [-0.15, -0.1) is 10.2 Å². The Morgan fingerprint density at radius 1 is 0.690 bits per heavy atom. The van der Waals surface area contributed by atoms with Crippen LogP contribution in [0.25, 0.3) is 32.8 Å². The number of fused-ring (bicyclic) bond motifs is 2. The lowest BCUT2D eigenvalue weighted by Crippen LogP contribution is -1.98. The van der Waals surface area contributed by atoms with Crippen LogP contribution in [0.3, 0.4) is 0 Å². The lowest BCUT2D eigenvalue weighted by Gasteiger charge is -2.13. The summed E-state index contributed by atoms with van der Waals surface area (Å²) in [5, 5.41) is 13.4. The molecule has 0 fully saturated rings. The van der Waals surface area contributed by atoms with E-state index in [4.69, 9.17) is 4.74 Å². The van der Waals surface area contributed by atoms with Gasteiger partial charge in [0.25, 0.3) is 0 Å². The molecule has 0 N–H and O–H groups in total. The van der Waals surface area contributed by atoms with Gasteiger partial charge in [0.2, 0.25) is 5.88 Å². The highest BCUT2D eigenvalue weighted by atomic mass is 16.5. The highest BCUT2D eigenvalue weighted by Crippen LogP contribution is 2.36. The third-order valence-corrected chi connectivity index (χ3v) is 5.22. The predicted octanol–water partition coefficient (Wildman–Crippen LogP) is 6.80. The molecule has 0 aliphatic carbocycles. The molecule has 5 aromatic rings. The van der Waals surface area contributed by atoms with Crippen LogP contribution in [0.4, 0.5) is 0 Å². The van der Waals surface area contributed by atoms with Crippen molar-refractivity contribution in [2.24, 2.45) is 0 Å². The van der Waals surface area contributed by atoms with E-state index in [1.54, 1.807) is 0 Å². The van der Waals surface area contributed by atoms with Crippen molar-refractivity contribution in [1.82, 2.24) is 10.2 Å². The van der Waals surface area contributed by atoms with Crippen molar-refractivity contribution in [3.05, 3.63) is 96.6 Å². The van der Waals surface area contributed by atoms with Crippen LogP contribution >= 0.6 is 0 Å². The number of aryl methyl sites for hydroxylation is 1. The van der Waals surface area contributed by atoms with Gasteiger partial charge in [-0.2, -0.15) is 0 Å². The molecule has 0 saturated carbocycles. The summed E-state index contributed by atoms with van der Waals surface area (Å²) >= 11 is 0. The minimum atomic E-state index is 0.534. The second-order valence-corrected chi connectivity index (χ2v) is 7.03. The number of para-hydroxylation sites is 1. The Labute approximate surface area is 169 Å². The Kier molecular flexibility index (Phi) is 4.41. The number of aromatic nitrogens is 2. The molecule has 0 radical (unpaired) electrons. The van der Waals surface area contributed by atoms with Crippen molar-refractivity contribution in [3.63, 3.8) is 0 Å².